The highest BCUT2D eigenvalue weighted by atomic mass is 32.1. The van der Waals surface area contributed by atoms with E-state index in [2.05, 4.69) is 32.7 Å². The van der Waals surface area contributed by atoms with E-state index in [0.717, 1.165) is 71.5 Å². The van der Waals surface area contributed by atoms with Crippen LogP contribution in [0.2, 0.25) is 0 Å². The zero-order valence-electron chi connectivity index (χ0n) is 20.5. The van der Waals surface area contributed by atoms with Gasteiger partial charge >= 0.3 is 0 Å². The number of ether oxygens (including phenoxy) is 2. The Bertz CT molecular complexity index is 1240. The Hall–Kier alpha value is -3.11. The fourth-order valence-corrected chi connectivity index (χ4v) is 5.26. The first kappa shape index (κ1) is 24.6. The predicted molar refractivity (Wildman–Crippen MR) is 143 cm³/mol. The van der Waals surface area contributed by atoms with Crippen LogP contribution in [0.25, 0.3) is 16.6 Å². The lowest BCUT2D eigenvalue weighted by Crippen LogP contribution is -2.38. The summed E-state index contributed by atoms with van der Waals surface area (Å²) in [4.78, 5) is 26.9. The van der Waals surface area contributed by atoms with Crippen molar-refractivity contribution < 1.29 is 14.3 Å². The van der Waals surface area contributed by atoms with E-state index in [0.29, 0.717) is 31.3 Å². The number of hydrogen-bond donors (Lipinski definition) is 2. The molecule has 1 saturated heterocycles. The number of nitrogens with one attached hydrogen (secondary N) is 2. The smallest absolute Gasteiger partial charge is 0.251 e. The van der Waals surface area contributed by atoms with Gasteiger partial charge < -0.3 is 20.1 Å². The lowest BCUT2D eigenvalue weighted by atomic mass is 10.1. The quantitative estimate of drug-likeness (QED) is 0.501. The van der Waals surface area contributed by atoms with Crippen molar-refractivity contribution in [2.45, 2.75) is 20.0 Å². The number of carbonyl (C=O) groups excluding carboxylic acids is 1. The molecule has 0 spiro atoms. The van der Waals surface area contributed by atoms with E-state index in [-0.39, 0.29) is 5.91 Å². The highest BCUT2D eigenvalue weighted by molar-refractivity contribution is 7.15. The third kappa shape index (κ3) is 6.36. The van der Waals surface area contributed by atoms with E-state index in [1.54, 1.807) is 11.3 Å². The summed E-state index contributed by atoms with van der Waals surface area (Å²) in [5.74, 6) is 0.399. The standard InChI is InChI=1S/C27H31N5O3S/c1-19-17-29-27-30-22-15-20(4-2-11-35-18-23-5-6-24(36-23)25(19)31-27)14-21(16-22)26(33)28-7-3-8-32-9-12-34-13-10-32/h2,4-6,14-17H,3,7-13,18H2,1H3,(H,28,33)(H,29,30,31)/b4-2-. The van der Waals surface area contributed by atoms with Crippen LogP contribution in [0.15, 0.2) is 42.6 Å². The number of aryl methyl sites for hydroxylation is 1. The maximum atomic E-state index is 13.0. The summed E-state index contributed by atoms with van der Waals surface area (Å²) < 4.78 is 11.2. The molecule has 3 aromatic rings. The average Bonchev–Trinajstić information content (AvgIpc) is 3.36. The van der Waals surface area contributed by atoms with Gasteiger partial charge in [-0.1, -0.05) is 12.2 Å². The monoisotopic (exact) mass is 505 g/mol. The van der Waals surface area contributed by atoms with Gasteiger partial charge in [-0.25, -0.2) is 9.97 Å². The largest absolute Gasteiger partial charge is 0.379 e. The van der Waals surface area contributed by atoms with Gasteiger partial charge in [-0.2, -0.15) is 0 Å². The summed E-state index contributed by atoms with van der Waals surface area (Å²) in [6.45, 7) is 8.10. The molecule has 2 aromatic heterocycles. The maximum Gasteiger partial charge on any atom is 0.251 e. The normalized spacial score (nSPS) is 16.9. The lowest BCUT2D eigenvalue weighted by Gasteiger charge is -2.26. The van der Waals surface area contributed by atoms with Gasteiger partial charge in [-0.05, 0) is 61.3 Å². The third-order valence-electron chi connectivity index (χ3n) is 6.15. The summed E-state index contributed by atoms with van der Waals surface area (Å²) in [6, 6.07) is 9.88. The molecule has 2 aliphatic heterocycles. The summed E-state index contributed by atoms with van der Waals surface area (Å²) in [6.07, 6.45) is 6.67. The molecule has 2 aliphatic rings. The second kappa shape index (κ2) is 11.7. The molecule has 1 amide bonds. The van der Waals surface area contributed by atoms with Crippen molar-refractivity contribution in [1.29, 1.82) is 0 Å². The van der Waals surface area contributed by atoms with Crippen molar-refractivity contribution in [3.05, 3.63) is 64.2 Å². The van der Waals surface area contributed by atoms with E-state index >= 15 is 0 Å². The molecular formula is C27H31N5O3S. The highest BCUT2D eigenvalue weighted by Crippen LogP contribution is 2.30. The molecule has 0 unspecified atom stereocenters. The Kier molecular flexibility index (Phi) is 8.02. The predicted octanol–water partition coefficient (Wildman–Crippen LogP) is 4.25. The molecule has 5 rings (SSSR count). The molecule has 1 aromatic carbocycles. The van der Waals surface area contributed by atoms with Gasteiger partial charge in [0.05, 0.1) is 37.0 Å². The molecule has 2 N–H and O–H groups in total. The second-order valence-electron chi connectivity index (χ2n) is 8.94. The summed E-state index contributed by atoms with van der Waals surface area (Å²) in [7, 11) is 0. The minimum Gasteiger partial charge on any atom is -0.379 e. The van der Waals surface area contributed by atoms with Crippen LogP contribution in [0.3, 0.4) is 0 Å². The van der Waals surface area contributed by atoms with Crippen LogP contribution in [-0.2, 0) is 16.1 Å². The molecule has 1 fully saturated rings. The molecular weight excluding hydrogens is 474 g/mol. The van der Waals surface area contributed by atoms with Gasteiger partial charge in [0.25, 0.3) is 5.91 Å². The number of nitrogens with zero attached hydrogens (tertiary/aromatic N) is 3. The number of fused-ring (bicyclic) bond motifs is 7. The fraction of sp³-hybridized carbons (Fsp3) is 0.370. The number of hydrogen-bond acceptors (Lipinski definition) is 8. The van der Waals surface area contributed by atoms with Crippen molar-refractivity contribution in [3.63, 3.8) is 0 Å². The molecule has 188 valence electrons. The van der Waals surface area contributed by atoms with Crippen LogP contribution < -0.4 is 10.6 Å². The number of aromatic nitrogens is 2. The van der Waals surface area contributed by atoms with E-state index in [1.807, 2.05) is 43.5 Å². The van der Waals surface area contributed by atoms with Crippen molar-refractivity contribution in [3.8, 4) is 10.6 Å². The van der Waals surface area contributed by atoms with Crippen LogP contribution in [0.4, 0.5) is 11.6 Å². The molecule has 6 bridgehead atoms. The molecule has 36 heavy (non-hydrogen) atoms. The Morgan fingerprint density at radius 2 is 2.08 bits per heavy atom. The minimum absolute atomic E-state index is 0.0965. The Morgan fingerprint density at radius 1 is 1.19 bits per heavy atom. The van der Waals surface area contributed by atoms with E-state index in [4.69, 9.17) is 14.5 Å². The molecule has 9 heteroatoms. The number of amides is 1. The number of morpholine rings is 1. The first-order chi connectivity index (χ1) is 17.6. The first-order valence-corrected chi connectivity index (χ1v) is 13.1. The number of benzene rings is 1. The van der Waals surface area contributed by atoms with Crippen molar-refractivity contribution in [2.24, 2.45) is 0 Å². The Labute approximate surface area is 215 Å². The summed E-state index contributed by atoms with van der Waals surface area (Å²) in [5, 5.41) is 6.37. The van der Waals surface area contributed by atoms with Gasteiger partial charge in [0, 0.05) is 42.0 Å². The SMILES string of the molecule is Cc1cnc2nc1-c1ccc(s1)COC/C=C\c1cc(cc(C(=O)NCCCN3CCOCC3)c1)N2. The maximum absolute atomic E-state index is 13.0. The molecule has 0 saturated carbocycles. The zero-order valence-corrected chi connectivity index (χ0v) is 21.3. The number of carbonyl (C=O) groups is 1. The Morgan fingerprint density at radius 3 is 2.97 bits per heavy atom. The van der Waals surface area contributed by atoms with Crippen LogP contribution in [0, 0.1) is 6.92 Å². The topological polar surface area (TPSA) is 88.6 Å². The average molecular weight is 506 g/mol. The third-order valence-corrected chi connectivity index (χ3v) is 7.21. The molecule has 8 nitrogen and oxygen atoms in total. The van der Waals surface area contributed by atoms with E-state index in [1.165, 1.54) is 0 Å². The van der Waals surface area contributed by atoms with Crippen LogP contribution in [0.1, 0.15) is 32.8 Å². The summed E-state index contributed by atoms with van der Waals surface area (Å²) >= 11 is 1.68. The molecule has 0 radical (unpaired) electrons. The lowest BCUT2D eigenvalue weighted by molar-refractivity contribution is 0.0374. The zero-order chi connectivity index (χ0) is 24.7. The first-order valence-electron chi connectivity index (χ1n) is 12.3. The Balaban J connectivity index is 1.33. The minimum atomic E-state index is -0.0965. The fourth-order valence-electron chi connectivity index (χ4n) is 4.26. The van der Waals surface area contributed by atoms with Crippen molar-refractivity contribution in [1.82, 2.24) is 20.2 Å². The van der Waals surface area contributed by atoms with Gasteiger partial charge in [0.15, 0.2) is 0 Å². The summed E-state index contributed by atoms with van der Waals surface area (Å²) in [5.41, 5.74) is 4.15. The van der Waals surface area contributed by atoms with E-state index < -0.39 is 0 Å². The molecule has 4 heterocycles. The number of thiophene rings is 1. The molecule has 0 aliphatic carbocycles. The second-order valence-corrected chi connectivity index (χ2v) is 10.1. The number of anilines is 2. The van der Waals surface area contributed by atoms with E-state index in [9.17, 15) is 4.79 Å². The van der Waals surface area contributed by atoms with Crippen molar-refractivity contribution >= 4 is 35.0 Å². The van der Waals surface area contributed by atoms with Crippen LogP contribution in [0.5, 0.6) is 0 Å². The van der Waals surface area contributed by atoms with Gasteiger partial charge in [0.1, 0.15) is 0 Å². The number of rotatable bonds is 5. The van der Waals surface area contributed by atoms with Crippen LogP contribution >= 0.6 is 11.3 Å². The van der Waals surface area contributed by atoms with Gasteiger partial charge in [-0.15, -0.1) is 11.3 Å². The van der Waals surface area contributed by atoms with Crippen molar-refractivity contribution in [2.75, 3.05) is 51.3 Å². The molecule has 0 atom stereocenters. The van der Waals surface area contributed by atoms with Crippen LogP contribution in [-0.4, -0.2) is 66.8 Å². The van der Waals surface area contributed by atoms with Gasteiger partial charge in [0.2, 0.25) is 5.95 Å². The van der Waals surface area contributed by atoms with Gasteiger partial charge in [-0.3, -0.25) is 9.69 Å². The highest BCUT2D eigenvalue weighted by Gasteiger charge is 2.14.